The Hall–Kier alpha value is -3.02. The molecule has 2 atom stereocenters. The number of hydrogen-bond donors (Lipinski definition) is 1. The zero-order valence-electron chi connectivity index (χ0n) is 13.9. The summed E-state index contributed by atoms with van der Waals surface area (Å²) in [4.78, 5) is 28.6. The average molecular weight is 385 g/mol. The van der Waals surface area contributed by atoms with Gasteiger partial charge < -0.3 is 14.7 Å². The van der Waals surface area contributed by atoms with Crippen molar-refractivity contribution >= 4 is 11.9 Å². The molecule has 144 valence electrons. The van der Waals surface area contributed by atoms with Crippen molar-refractivity contribution in [2.24, 2.45) is 0 Å². The van der Waals surface area contributed by atoms with E-state index < -0.39 is 35.8 Å². The van der Waals surface area contributed by atoms with Gasteiger partial charge in [-0.05, 0) is 19.1 Å². The smallest absolute Gasteiger partial charge is 0.417 e. The first-order valence-electron chi connectivity index (χ1n) is 7.78. The standard InChI is InChI=1S/C15H14F3N5O4/c1-8-5-22(7-11(27-8)14(25)26)13(24)10-6-23(21-20-10)12-3-2-9(4-19-12)15(16,17)18/h2-4,6,8,11H,5,7H2,1H3,(H,25,26)/t8-,11?/m1/s1. The Morgan fingerprint density at radius 3 is 2.63 bits per heavy atom. The molecule has 12 heteroatoms. The minimum Gasteiger partial charge on any atom is -0.479 e. The Labute approximate surface area is 150 Å². The van der Waals surface area contributed by atoms with E-state index in [-0.39, 0.29) is 24.6 Å². The minimum absolute atomic E-state index is 0.0494. The van der Waals surface area contributed by atoms with Crippen LogP contribution in [0.15, 0.2) is 24.5 Å². The molecule has 27 heavy (non-hydrogen) atoms. The van der Waals surface area contributed by atoms with Crippen LogP contribution in [-0.4, -0.2) is 67.2 Å². The summed E-state index contributed by atoms with van der Waals surface area (Å²) in [6.45, 7) is 1.66. The van der Waals surface area contributed by atoms with Gasteiger partial charge in [0.05, 0.1) is 24.4 Å². The van der Waals surface area contributed by atoms with E-state index in [9.17, 15) is 22.8 Å². The highest BCUT2D eigenvalue weighted by atomic mass is 19.4. The summed E-state index contributed by atoms with van der Waals surface area (Å²) in [6, 6.07) is 1.94. The molecular weight excluding hydrogens is 371 g/mol. The maximum atomic E-state index is 12.6. The van der Waals surface area contributed by atoms with E-state index in [0.717, 1.165) is 16.8 Å². The maximum absolute atomic E-state index is 12.6. The Morgan fingerprint density at radius 1 is 1.30 bits per heavy atom. The highest BCUT2D eigenvalue weighted by Crippen LogP contribution is 2.28. The average Bonchev–Trinajstić information content (AvgIpc) is 3.10. The van der Waals surface area contributed by atoms with Crippen LogP contribution in [-0.2, 0) is 15.7 Å². The van der Waals surface area contributed by atoms with Crippen LogP contribution < -0.4 is 0 Å². The van der Waals surface area contributed by atoms with E-state index in [2.05, 4.69) is 15.3 Å². The normalized spacial score (nSPS) is 20.5. The van der Waals surface area contributed by atoms with Crippen LogP contribution >= 0.6 is 0 Å². The number of carboxylic acids is 1. The number of amides is 1. The van der Waals surface area contributed by atoms with Crippen molar-refractivity contribution in [3.63, 3.8) is 0 Å². The Morgan fingerprint density at radius 2 is 2.04 bits per heavy atom. The van der Waals surface area contributed by atoms with Crippen LogP contribution in [0, 0.1) is 0 Å². The molecule has 0 aromatic carbocycles. The third-order valence-corrected chi connectivity index (χ3v) is 3.85. The van der Waals surface area contributed by atoms with Crippen molar-refractivity contribution in [1.82, 2.24) is 24.9 Å². The van der Waals surface area contributed by atoms with Gasteiger partial charge in [-0.1, -0.05) is 5.21 Å². The predicted molar refractivity (Wildman–Crippen MR) is 82.0 cm³/mol. The van der Waals surface area contributed by atoms with Crippen LogP contribution in [0.1, 0.15) is 23.0 Å². The van der Waals surface area contributed by atoms with Crippen LogP contribution in [0.4, 0.5) is 13.2 Å². The lowest BCUT2D eigenvalue weighted by atomic mass is 10.2. The Kier molecular flexibility index (Phi) is 4.83. The lowest BCUT2D eigenvalue weighted by Gasteiger charge is -2.34. The molecule has 1 aliphatic rings. The van der Waals surface area contributed by atoms with E-state index in [1.807, 2.05) is 0 Å². The monoisotopic (exact) mass is 385 g/mol. The van der Waals surface area contributed by atoms with Crippen molar-refractivity contribution in [2.45, 2.75) is 25.3 Å². The zero-order valence-corrected chi connectivity index (χ0v) is 13.9. The van der Waals surface area contributed by atoms with Crippen LogP contribution in [0.25, 0.3) is 5.82 Å². The Bertz CT molecular complexity index is 852. The molecule has 1 saturated heterocycles. The molecule has 0 saturated carbocycles. The molecule has 2 aromatic heterocycles. The number of aromatic nitrogens is 4. The van der Waals surface area contributed by atoms with E-state index in [1.165, 1.54) is 11.1 Å². The summed E-state index contributed by atoms with van der Waals surface area (Å²) < 4.78 is 44.0. The van der Waals surface area contributed by atoms with Gasteiger partial charge in [0, 0.05) is 12.7 Å². The number of pyridine rings is 1. The zero-order chi connectivity index (χ0) is 19.8. The third kappa shape index (κ3) is 4.05. The van der Waals surface area contributed by atoms with Crippen LogP contribution in [0.5, 0.6) is 0 Å². The first kappa shape index (κ1) is 18.8. The van der Waals surface area contributed by atoms with Crippen molar-refractivity contribution in [3.05, 3.63) is 35.8 Å². The van der Waals surface area contributed by atoms with Crippen molar-refractivity contribution < 1.29 is 32.6 Å². The first-order chi connectivity index (χ1) is 12.6. The molecule has 1 N–H and O–H groups in total. The van der Waals surface area contributed by atoms with E-state index in [0.29, 0.717) is 6.20 Å². The van der Waals surface area contributed by atoms with Crippen molar-refractivity contribution in [2.75, 3.05) is 13.1 Å². The molecule has 1 amide bonds. The molecule has 2 aromatic rings. The van der Waals surface area contributed by atoms with Gasteiger partial charge in [0.15, 0.2) is 17.6 Å². The van der Waals surface area contributed by atoms with Gasteiger partial charge in [0.1, 0.15) is 0 Å². The number of hydrogen-bond acceptors (Lipinski definition) is 6. The van der Waals surface area contributed by atoms with Gasteiger partial charge in [-0.3, -0.25) is 4.79 Å². The molecule has 3 heterocycles. The highest BCUT2D eigenvalue weighted by molar-refractivity contribution is 5.92. The van der Waals surface area contributed by atoms with Gasteiger partial charge in [0.25, 0.3) is 5.91 Å². The van der Waals surface area contributed by atoms with E-state index in [4.69, 9.17) is 9.84 Å². The van der Waals surface area contributed by atoms with E-state index >= 15 is 0 Å². The van der Waals surface area contributed by atoms with Gasteiger partial charge in [-0.2, -0.15) is 13.2 Å². The Balaban J connectivity index is 1.77. The molecule has 0 bridgehead atoms. The van der Waals surface area contributed by atoms with Gasteiger partial charge >= 0.3 is 12.1 Å². The lowest BCUT2D eigenvalue weighted by molar-refractivity contribution is -0.160. The molecule has 1 aliphatic heterocycles. The molecule has 9 nitrogen and oxygen atoms in total. The highest BCUT2D eigenvalue weighted by Gasteiger charge is 2.34. The van der Waals surface area contributed by atoms with E-state index in [1.54, 1.807) is 6.92 Å². The largest absolute Gasteiger partial charge is 0.479 e. The summed E-state index contributed by atoms with van der Waals surface area (Å²) in [5, 5.41) is 16.5. The summed E-state index contributed by atoms with van der Waals surface area (Å²) in [5.74, 6) is -1.69. The summed E-state index contributed by atoms with van der Waals surface area (Å²) >= 11 is 0. The number of morpholine rings is 1. The summed E-state index contributed by atoms with van der Waals surface area (Å²) in [5.41, 5.74) is -1.00. The SMILES string of the molecule is C[C@@H]1CN(C(=O)c2cn(-c3ccc(C(F)(F)F)cn3)nn2)CC(C(=O)O)O1. The number of carbonyl (C=O) groups excluding carboxylic acids is 1. The second-order valence-corrected chi connectivity index (χ2v) is 5.93. The fourth-order valence-corrected chi connectivity index (χ4v) is 2.58. The summed E-state index contributed by atoms with van der Waals surface area (Å²) in [6.07, 6.45) is -4.27. The molecule has 0 radical (unpaired) electrons. The molecule has 0 aliphatic carbocycles. The van der Waals surface area contributed by atoms with Crippen LogP contribution in [0.2, 0.25) is 0 Å². The predicted octanol–water partition coefficient (Wildman–Crippen LogP) is 0.995. The second kappa shape index (κ2) is 6.95. The minimum atomic E-state index is -4.51. The van der Waals surface area contributed by atoms with Crippen LogP contribution in [0.3, 0.4) is 0 Å². The number of aliphatic carboxylic acids is 1. The van der Waals surface area contributed by atoms with Crippen molar-refractivity contribution in [3.8, 4) is 5.82 Å². The topological polar surface area (TPSA) is 110 Å². The number of alkyl halides is 3. The number of nitrogens with zero attached hydrogens (tertiary/aromatic N) is 5. The van der Waals surface area contributed by atoms with Crippen molar-refractivity contribution in [1.29, 1.82) is 0 Å². The quantitative estimate of drug-likeness (QED) is 0.839. The van der Waals surface area contributed by atoms with Gasteiger partial charge in [-0.25, -0.2) is 14.5 Å². The number of carbonyl (C=O) groups is 2. The maximum Gasteiger partial charge on any atom is 0.417 e. The molecular formula is C15H14F3N5O4. The number of halogens is 3. The first-order valence-corrected chi connectivity index (χ1v) is 7.78. The van der Waals surface area contributed by atoms with Gasteiger partial charge in [-0.15, -0.1) is 5.10 Å². The lowest BCUT2D eigenvalue weighted by Crippen LogP contribution is -2.51. The number of carboxylic acid groups (broad SMARTS) is 1. The molecule has 3 rings (SSSR count). The fourth-order valence-electron chi connectivity index (χ4n) is 2.58. The number of ether oxygens (including phenoxy) is 1. The number of rotatable bonds is 3. The molecule has 1 unspecified atom stereocenters. The van der Waals surface area contributed by atoms with Gasteiger partial charge in [0.2, 0.25) is 0 Å². The molecule has 1 fully saturated rings. The molecule has 0 spiro atoms. The summed E-state index contributed by atoms with van der Waals surface area (Å²) in [7, 11) is 0. The second-order valence-electron chi connectivity index (χ2n) is 5.93. The third-order valence-electron chi connectivity index (χ3n) is 3.85. The fraction of sp³-hybridized carbons (Fsp3) is 0.400.